The molecule has 0 fully saturated rings. The van der Waals surface area contributed by atoms with Gasteiger partial charge in [0.2, 0.25) is 5.91 Å². The van der Waals surface area contributed by atoms with Crippen LogP contribution in [0, 0.1) is 13.8 Å². The summed E-state index contributed by atoms with van der Waals surface area (Å²) in [6.07, 6.45) is 0. The maximum absolute atomic E-state index is 12.1. The zero-order valence-electron chi connectivity index (χ0n) is 14.1. The normalized spacial score (nSPS) is 10.3. The number of halogens is 1. The number of aryl methyl sites for hydroxylation is 2. The summed E-state index contributed by atoms with van der Waals surface area (Å²) in [5, 5.41) is 3.34. The van der Waals surface area contributed by atoms with Crippen molar-refractivity contribution >= 4 is 29.1 Å². The summed E-state index contributed by atoms with van der Waals surface area (Å²) < 4.78 is 0. The van der Waals surface area contributed by atoms with E-state index in [2.05, 4.69) is 5.32 Å². The lowest BCUT2D eigenvalue weighted by Crippen LogP contribution is -2.38. The predicted octanol–water partition coefficient (Wildman–Crippen LogP) is 3.74. The van der Waals surface area contributed by atoms with Crippen molar-refractivity contribution in [1.29, 1.82) is 0 Å². The Balaban J connectivity index is 2.02. The summed E-state index contributed by atoms with van der Waals surface area (Å²) in [7, 11) is 0. The number of carbonyl (C=O) groups excluding carboxylic acids is 2. The Morgan fingerprint density at radius 3 is 2.50 bits per heavy atom. The molecule has 2 amide bonds. The zero-order valence-corrected chi connectivity index (χ0v) is 14.9. The fraction of sp³-hybridized carbons (Fsp3) is 0.263. The van der Waals surface area contributed by atoms with E-state index in [9.17, 15) is 9.59 Å². The van der Waals surface area contributed by atoms with Crippen molar-refractivity contribution in [2.75, 3.05) is 18.0 Å². The molecule has 0 aliphatic carbocycles. The molecule has 0 saturated heterocycles. The van der Waals surface area contributed by atoms with Gasteiger partial charge in [-0.25, -0.2) is 0 Å². The third kappa shape index (κ3) is 4.59. The number of hydrogen-bond acceptors (Lipinski definition) is 2. The van der Waals surface area contributed by atoms with Crippen LogP contribution in [0.3, 0.4) is 0 Å². The van der Waals surface area contributed by atoms with Gasteiger partial charge in [0.1, 0.15) is 0 Å². The Morgan fingerprint density at radius 2 is 1.88 bits per heavy atom. The van der Waals surface area contributed by atoms with Gasteiger partial charge in [0.05, 0.1) is 0 Å². The zero-order chi connectivity index (χ0) is 17.7. The SMILES string of the molecule is CC(=O)N(CCNC(=O)c1cccc(Cl)c1)c1ccc(C)cc1C. The molecular weight excluding hydrogens is 324 g/mol. The minimum atomic E-state index is -0.207. The first-order valence-corrected chi connectivity index (χ1v) is 8.15. The molecule has 126 valence electrons. The molecule has 2 aromatic carbocycles. The molecular formula is C19H21ClN2O2. The van der Waals surface area contributed by atoms with Crippen molar-refractivity contribution < 1.29 is 9.59 Å². The minimum absolute atomic E-state index is 0.0565. The van der Waals surface area contributed by atoms with Crippen LogP contribution in [0.2, 0.25) is 5.02 Å². The van der Waals surface area contributed by atoms with Gasteiger partial charge < -0.3 is 10.2 Å². The van der Waals surface area contributed by atoms with Gasteiger partial charge in [0, 0.05) is 36.3 Å². The van der Waals surface area contributed by atoms with Crippen molar-refractivity contribution in [1.82, 2.24) is 5.32 Å². The van der Waals surface area contributed by atoms with E-state index >= 15 is 0 Å². The van der Waals surface area contributed by atoms with E-state index in [0.717, 1.165) is 16.8 Å². The second-order valence-electron chi connectivity index (χ2n) is 5.73. The molecule has 4 nitrogen and oxygen atoms in total. The number of carbonyl (C=O) groups is 2. The van der Waals surface area contributed by atoms with E-state index in [4.69, 9.17) is 11.6 Å². The fourth-order valence-corrected chi connectivity index (χ4v) is 2.76. The maximum atomic E-state index is 12.1. The summed E-state index contributed by atoms with van der Waals surface area (Å²) in [6, 6.07) is 12.7. The summed E-state index contributed by atoms with van der Waals surface area (Å²) in [5.74, 6) is -0.263. The van der Waals surface area contributed by atoms with E-state index in [0.29, 0.717) is 23.7 Å². The fourth-order valence-electron chi connectivity index (χ4n) is 2.57. The highest BCUT2D eigenvalue weighted by molar-refractivity contribution is 6.30. The van der Waals surface area contributed by atoms with Crippen molar-refractivity contribution in [3.63, 3.8) is 0 Å². The molecule has 0 aliphatic heterocycles. The lowest BCUT2D eigenvalue weighted by Gasteiger charge is -2.23. The average Bonchev–Trinajstić information content (AvgIpc) is 2.52. The minimum Gasteiger partial charge on any atom is -0.350 e. The first-order chi connectivity index (χ1) is 11.4. The van der Waals surface area contributed by atoms with E-state index in [1.165, 1.54) is 6.92 Å². The molecule has 24 heavy (non-hydrogen) atoms. The molecule has 0 aromatic heterocycles. The first-order valence-electron chi connectivity index (χ1n) is 7.77. The van der Waals surface area contributed by atoms with Gasteiger partial charge in [-0.05, 0) is 43.7 Å². The molecule has 0 saturated carbocycles. The molecule has 1 N–H and O–H groups in total. The number of amides is 2. The third-order valence-corrected chi connectivity index (χ3v) is 3.97. The predicted molar refractivity (Wildman–Crippen MR) is 97.7 cm³/mol. The topological polar surface area (TPSA) is 49.4 Å². The van der Waals surface area contributed by atoms with E-state index < -0.39 is 0 Å². The van der Waals surface area contributed by atoms with Crippen LogP contribution in [0.25, 0.3) is 0 Å². The second kappa shape index (κ2) is 7.97. The smallest absolute Gasteiger partial charge is 0.251 e. The summed E-state index contributed by atoms with van der Waals surface area (Å²) in [6.45, 7) is 6.28. The molecule has 0 unspecified atom stereocenters. The molecule has 0 aliphatic rings. The van der Waals surface area contributed by atoms with Crippen molar-refractivity contribution in [3.8, 4) is 0 Å². The molecule has 0 radical (unpaired) electrons. The van der Waals surface area contributed by atoms with Crippen molar-refractivity contribution in [2.45, 2.75) is 20.8 Å². The van der Waals surface area contributed by atoms with Crippen LogP contribution in [-0.2, 0) is 4.79 Å². The monoisotopic (exact) mass is 344 g/mol. The van der Waals surface area contributed by atoms with Crippen LogP contribution in [-0.4, -0.2) is 24.9 Å². The number of hydrogen-bond donors (Lipinski definition) is 1. The second-order valence-corrected chi connectivity index (χ2v) is 6.16. The summed E-state index contributed by atoms with van der Waals surface area (Å²) in [5.41, 5.74) is 3.55. The number of benzene rings is 2. The van der Waals surface area contributed by atoms with Gasteiger partial charge in [0.15, 0.2) is 0 Å². The Labute approximate surface area is 147 Å². The molecule has 0 bridgehead atoms. The Kier molecular flexibility index (Phi) is 5.99. The summed E-state index contributed by atoms with van der Waals surface area (Å²) in [4.78, 5) is 25.8. The Bertz CT molecular complexity index is 759. The molecule has 5 heteroatoms. The van der Waals surface area contributed by atoms with Crippen molar-refractivity contribution in [2.24, 2.45) is 0 Å². The highest BCUT2D eigenvalue weighted by Gasteiger charge is 2.14. The molecule has 0 atom stereocenters. The molecule has 2 aromatic rings. The van der Waals surface area contributed by atoms with Gasteiger partial charge in [-0.15, -0.1) is 0 Å². The van der Waals surface area contributed by atoms with Crippen LogP contribution >= 0.6 is 11.6 Å². The number of nitrogens with zero attached hydrogens (tertiary/aromatic N) is 1. The van der Waals surface area contributed by atoms with Gasteiger partial charge in [-0.2, -0.15) is 0 Å². The maximum Gasteiger partial charge on any atom is 0.251 e. The summed E-state index contributed by atoms with van der Waals surface area (Å²) >= 11 is 5.89. The Hall–Kier alpha value is -2.33. The lowest BCUT2D eigenvalue weighted by atomic mass is 10.1. The number of nitrogens with one attached hydrogen (secondary N) is 1. The van der Waals surface area contributed by atoms with Crippen LogP contribution in [0.5, 0.6) is 0 Å². The largest absolute Gasteiger partial charge is 0.350 e. The quantitative estimate of drug-likeness (QED) is 0.898. The van der Waals surface area contributed by atoms with Gasteiger partial charge >= 0.3 is 0 Å². The first kappa shape index (κ1) is 18.0. The van der Waals surface area contributed by atoms with Crippen LogP contribution in [0.4, 0.5) is 5.69 Å². The molecule has 2 rings (SSSR count). The number of rotatable bonds is 5. The van der Waals surface area contributed by atoms with E-state index in [-0.39, 0.29) is 11.8 Å². The lowest BCUT2D eigenvalue weighted by molar-refractivity contribution is -0.116. The Morgan fingerprint density at radius 1 is 1.12 bits per heavy atom. The van der Waals surface area contributed by atoms with E-state index in [1.807, 2.05) is 32.0 Å². The highest BCUT2D eigenvalue weighted by atomic mass is 35.5. The van der Waals surface area contributed by atoms with Gasteiger partial charge in [-0.1, -0.05) is 35.4 Å². The van der Waals surface area contributed by atoms with Crippen LogP contribution in [0.15, 0.2) is 42.5 Å². The average molecular weight is 345 g/mol. The highest BCUT2D eigenvalue weighted by Crippen LogP contribution is 2.21. The van der Waals surface area contributed by atoms with Crippen LogP contribution in [0.1, 0.15) is 28.4 Å². The molecule has 0 spiro atoms. The standard InChI is InChI=1S/C19H21ClN2O2/c1-13-7-8-18(14(2)11-13)22(15(3)23)10-9-21-19(24)16-5-4-6-17(20)12-16/h4-8,11-12H,9-10H2,1-3H3,(H,21,24). The van der Waals surface area contributed by atoms with Gasteiger partial charge in [0.25, 0.3) is 5.91 Å². The third-order valence-electron chi connectivity index (χ3n) is 3.73. The number of anilines is 1. The van der Waals surface area contributed by atoms with E-state index in [1.54, 1.807) is 29.2 Å². The van der Waals surface area contributed by atoms with Crippen LogP contribution < -0.4 is 10.2 Å². The molecule has 0 heterocycles. The van der Waals surface area contributed by atoms with Crippen molar-refractivity contribution in [3.05, 3.63) is 64.2 Å². The van der Waals surface area contributed by atoms with Gasteiger partial charge in [-0.3, -0.25) is 9.59 Å².